The monoisotopic (exact) mass is 296 g/mol. The van der Waals surface area contributed by atoms with Gasteiger partial charge in [-0.1, -0.05) is 11.6 Å². The minimum atomic E-state index is -0.225. The van der Waals surface area contributed by atoms with Gasteiger partial charge in [0.05, 0.1) is 31.8 Å². The molecule has 0 atom stereocenters. The van der Waals surface area contributed by atoms with Crippen molar-refractivity contribution in [2.75, 3.05) is 33.9 Å². The lowest BCUT2D eigenvalue weighted by molar-refractivity contribution is 0.0696. The van der Waals surface area contributed by atoms with E-state index in [2.05, 4.69) is 0 Å². The standard InChI is InChI=1S/C14H17ClN2O3/c1-19-9-8-17(7-3-6-16)14(18)12-10-11(15)4-5-13(12)20-2/h4-5,10H,3,7-9H2,1-2H3. The van der Waals surface area contributed by atoms with Gasteiger partial charge >= 0.3 is 0 Å². The summed E-state index contributed by atoms with van der Waals surface area (Å²) < 4.78 is 10.2. The Balaban J connectivity index is 2.98. The molecule has 0 fully saturated rings. The summed E-state index contributed by atoms with van der Waals surface area (Å²) in [5.74, 6) is 0.232. The molecule has 0 spiro atoms. The second kappa shape index (κ2) is 8.41. The fourth-order valence-corrected chi connectivity index (χ4v) is 1.89. The average Bonchev–Trinajstić information content (AvgIpc) is 2.46. The summed E-state index contributed by atoms with van der Waals surface area (Å²) in [5.41, 5.74) is 0.383. The normalized spacial score (nSPS) is 9.90. The Labute approximate surface area is 123 Å². The molecule has 0 radical (unpaired) electrons. The lowest BCUT2D eigenvalue weighted by Crippen LogP contribution is -2.35. The molecule has 0 heterocycles. The molecule has 0 saturated heterocycles. The topological polar surface area (TPSA) is 62.6 Å². The summed E-state index contributed by atoms with van der Waals surface area (Å²) in [4.78, 5) is 14.1. The Bertz CT molecular complexity index is 500. The van der Waals surface area contributed by atoms with Crippen molar-refractivity contribution in [3.63, 3.8) is 0 Å². The maximum atomic E-state index is 12.5. The fraction of sp³-hybridized carbons (Fsp3) is 0.429. The zero-order valence-corrected chi connectivity index (χ0v) is 12.3. The van der Waals surface area contributed by atoms with Crippen molar-refractivity contribution < 1.29 is 14.3 Å². The van der Waals surface area contributed by atoms with Crippen molar-refractivity contribution in [3.05, 3.63) is 28.8 Å². The molecule has 0 saturated carbocycles. The maximum absolute atomic E-state index is 12.5. The van der Waals surface area contributed by atoms with Crippen LogP contribution in [-0.2, 0) is 4.74 Å². The van der Waals surface area contributed by atoms with Crippen LogP contribution in [0.1, 0.15) is 16.8 Å². The fourth-order valence-electron chi connectivity index (χ4n) is 1.72. The average molecular weight is 297 g/mol. The second-order valence-electron chi connectivity index (χ2n) is 4.04. The molecule has 1 aromatic rings. The van der Waals surface area contributed by atoms with E-state index >= 15 is 0 Å². The van der Waals surface area contributed by atoms with Crippen LogP contribution >= 0.6 is 11.6 Å². The van der Waals surface area contributed by atoms with Gasteiger partial charge in [0.25, 0.3) is 5.91 Å². The van der Waals surface area contributed by atoms with Crippen LogP contribution in [-0.4, -0.2) is 44.7 Å². The van der Waals surface area contributed by atoms with Crippen LogP contribution in [0.5, 0.6) is 5.75 Å². The van der Waals surface area contributed by atoms with Gasteiger partial charge in [-0.3, -0.25) is 4.79 Å². The largest absolute Gasteiger partial charge is 0.496 e. The van der Waals surface area contributed by atoms with Gasteiger partial charge in [-0.25, -0.2) is 0 Å². The third-order valence-corrected chi connectivity index (χ3v) is 2.97. The van der Waals surface area contributed by atoms with Crippen molar-refractivity contribution in [1.82, 2.24) is 4.90 Å². The van der Waals surface area contributed by atoms with E-state index in [4.69, 9.17) is 26.3 Å². The third kappa shape index (κ3) is 4.41. The summed E-state index contributed by atoms with van der Waals surface area (Å²) in [6, 6.07) is 6.90. The minimum Gasteiger partial charge on any atom is -0.496 e. The molecule has 0 aliphatic heterocycles. The van der Waals surface area contributed by atoms with Crippen LogP contribution in [0.2, 0.25) is 5.02 Å². The van der Waals surface area contributed by atoms with Crippen LogP contribution in [0, 0.1) is 11.3 Å². The molecule has 0 unspecified atom stereocenters. The maximum Gasteiger partial charge on any atom is 0.257 e. The Hall–Kier alpha value is -1.77. The molecule has 6 heteroatoms. The van der Waals surface area contributed by atoms with Crippen molar-refractivity contribution in [2.24, 2.45) is 0 Å². The number of nitrogens with zero attached hydrogens (tertiary/aromatic N) is 2. The van der Waals surface area contributed by atoms with E-state index in [1.165, 1.54) is 7.11 Å². The van der Waals surface area contributed by atoms with Gasteiger partial charge in [0.15, 0.2) is 0 Å². The van der Waals surface area contributed by atoms with Crippen molar-refractivity contribution >= 4 is 17.5 Å². The van der Waals surface area contributed by atoms with E-state index in [-0.39, 0.29) is 12.3 Å². The van der Waals surface area contributed by atoms with Gasteiger partial charge < -0.3 is 14.4 Å². The first-order valence-corrected chi connectivity index (χ1v) is 6.50. The summed E-state index contributed by atoms with van der Waals surface area (Å²) in [5, 5.41) is 9.13. The molecule has 1 aromatic carbocycles. The highest BCUT2D eigenvalue weighted by atomic mass is 35.5. The highest BCUT2D eigenvalue weighted by Gasteiger charge is 2.19. The molecule has 20 heavy (non-hydrogen) atoms. The van der Waals surface area contributed by atoms with Crippen LogP contribution < -0.4 is 4.74 Å². The Morgan fingerprint density at radius 2 is 2.15 bits per heavy atom. The van der Waals surface area contributed by atoms with Crippen molar-refractivity contribution in [2.45, 2.75) is 6.42 Å². The Morgan fingerprint density at radius 3 is 2.75 bits per heavy atom. The predicted octanol–water partition coefficient (Wildman–Crippen LogP) is 2.35. The number of benzene rings is 1. The number of halogens is 1. The van der Waals surface area contributed by atoms with E-state index < -0.39 is 0 Å². The summed E-state index contributed by atoms with van der Waals surface area (Å²) in [7, 11) is 3.06. The first kappa shape index (κ1) is 16.3. The van der Waals surface area contributed by atoms with E-state index in [9.17, 15) is 4.79 Å². The van der Waals surface area contributed by atoms with Gasteiger partial charge in [0, 0.05) is 25.2 Å². The van der Waals surface area contributed by atoms with Crippen LogP contribution in [0.15, 0.2) is 18.2 Å². The molecule has 1 rings (SSSR count). The number of hydrogen-bond acceptors (Lipinski definition) is 4. The molecule has 0 N–H and O–H groups in total. The molecule has 0 aliphatic rings. The molecule has 0 aliphatic carbocycles. The molecular formula is C14H17ClN2O3. The van der Waals surface area contributed by atoms with Crippen LogP contribution in [0.4, 0.5) is 0 Å². The number of nitriles is 1. The molecule has 0 bridgehead atoms. The highest BCUT2D eigenvalue weighted by molar-refractivity contribution is 6.31. The number of methoxy groups -OCH3 is 2. The summed E-state index contributed by atoms with van der Waals surface area (Å²) in [6.45, 7) is 1.15. The number of ether oxygens (including phenoxy) is 2. The molecular weight excluding hydrogens is 280 g/mol. The number of rotatable bonds is 7. The predicted molar refractivity (Wildman–Crippen MR) is 76.0 cm³/mol. The van der Waals surface area contributed by atoms with Crippen molar-refractivity contribution in [1.29, 1.82) is 5.26 Å². The summed E-state index contributed by atoms with van der Waals surface area (Å²) >= 11 is 5.93. The van der Waals surface area contributed by atoms with Crippen molar-refractivity contribution in [3.8, 4) is 11.8 Å². The Kier molecular flexibility index (Phi) is 6.85. The minimum absolute atomic E-state index is 0.225. The first-order chi connectivity index (χ1) is 9.63. The zero-order valence-electron chi connectivity index (χ0n) is 11.6. The van der Waals surface area contributed by atoms with E-state index in [0.717, 1.165) is 0 Å². The van der Waals surface area contributed by atoms with E-state index in [1.54, 1.807) is 30.2 Å². The smallest absolute Gasteiger partial charge is 0.257 e. The van der Waals surface area contributed by atoms with Gasteiger partial charge in [-0.15, -0.1) is 0 Å². The van der Waals surface area contributed by atoms with Gasteiger partial charge in [-0.2, -0.15) is 5.26 Å². The lowest BCUT2D eigenvalue weighted by atomic mass is 10.1. The van der Waals surface area contributed by atoms with E-state index in [0.29, 0.717) is 36.0 Å². The van der Waals surface area contributed by atoms with E-state index in [1.807, 2.05) is 6.07 Å². The van der Waals surface area contributed by atoms with Crippen LogP contribution in [0.25, 0.3) is 0 Å². The number of carbonyl (C=O) groups excluding carboxylic acids is 1. The number of amides is 1. The third-order valence-electron chi connectivity index (χ3n) is 2.74. The van der Waals surface area contributed by atoms with Gasteiger partial charge in [0.2, 0.25) is 0 Å². The second-order valence-corrected chi connectivity index (χ2v) is 4.47. The highest BCUT2D eigenvalue weighted by Crippen LogP contribution is 2.24. The number of hydrogen-bond donors (Lipinski definition) is 0. The molecule has 0 aromatic heterocycles. The molecule has 1 amide bonds. The quantitative estimate of drug-likeness (QED) is 0.775. The van der Waals surface area contributed by atoms with Crippen LogP contribution in [0.3, 0.4) is 0 Å². The summed E-state index contributed by atoms with van der Waals surface area (Å²) in [6.07, 6.45) is 0.262. The SMILES string of the molecule is COCCN(CCC#N)C(=O)c1cc(Cl)ccc1OC. The first-order valence-electron chi connectivity index (χ1n) is 6.12. The lowest BCUT2D eigenvalue weighted by Gasteiger charge is -2.22. The Morgan fingerprint density at radius 1 is 1.40 bits per heavy atom. The number of carbonyl (C=O) groups is 1. The van der Waals surface area contributed by atoms with Gasteiger partial charge in [-0.05, 0) is 18.2 Å². The molecule has 108 valence electrons. The van der Waals surface area contributed by atoms with Gasteiger partial charge in [0.1, 0.15) is 5.75 Å². The molecule has 5 nitrogen and oxygen atoms in total. The zero-order chi connectivity index (χ0) is 15.0.